The Hall–Kier alpha value is -2.97. The Morgan fingerprint density at radius 2 is 1.76 bits per heavy atom. The molecule has 0 aliphatic heterocycles. The molecule has 2 heterocycles. The van der Waals surface area contributed by atoms with E-state index in [-0.39, 0.29) is 10.8 Å². The van der Waals surface area contributed by atoms with Crippen molar-refractivity contribution in [3.63, 3.8) is 0 Å². The molecule has 29 heavy (non-hydrogen) atoms. The summed E-state index contributed by atoms with van der Waals surface area (Å²) in [5, 5.41) is 5.71. The van der Waals surface area contributed by atoms with Gasteiger partial charge in [0.05, 0.1) is 5.69 Å². The normalized spacial score (nSPS) is 11.6. The van der Waals surface area contributed by atoms with Crippen LogP contribution in [-0.2, 0) is 10.0 Å². The van der Waals surface area contributed by atoms with Gasteiger partial charge in [0, 0.05) is 12.6 Å². The van der Waals surface area contributed by atoms with Gasteiger partial charge in [-0.05, 0) is 48.6 Å². The second kappa shape index (κ2) is 7.46. The minimum Gasteiger partial charge on any atom is -0.333 e. The lowest BCUT2D eigenvalue weighted by atomic mass is 10.1. The number of nitrogens with zero attached hydrogens (tertiary/aromatic N) is 3. The molecule has 8 heteroatoms. The summed E-state index contributed by atoms with van der Waals surface area (Å²) >= 11 is 1.25. The molecule has 0 bridgehead atoms. The summed E-state index contributed by atoms with van der Waals surface area (Å²) in [6, 6.07) is 16.5. The van der Waals surface area contributed by atoms with Crippen molar-refractivity contribution >= 4 is 27.0 Å². The van der Waals surface area contributed by atoms with E-state index in [0.717, 1.165) is 16.7 Å². The molecule has 2 aromatic carbocycles. The third kappa shape index (κ3) is 3.56. The molecule has 4 aromatic rings. The Bertz CT molecular complexity index is 1260. The van der Waals surface area contributed by atoms with Gasteiger partial charge in [0.15, 0.2) is 0 Å². The maximum Gasteiger partial charge on any atom is 0.269 e. The number of benzene rings is 2. The van der Waals surface area contributed by atoms with Crippen molar-refractivity contribution in [2.45, 2.75) is 18.7 Å². The average molecular weight is 426 g/mol. The molecule has 6 nitrogen and oxygen atoms in total. The number of hydrogen-bond donors (Lipinski definition) is 0. The molecule has 0 aliphatic rings. The monoisotopic (exact) mass is 425 g/mol. The van der Waals surface area contributed by atoms with E-state index >= 15 is 0 Å². The predicted molar refractivity (Wildman–Crippen MR) is 115 cm³/mol. The van der Waals surface area contributed by atoms with E-state index < -0.39 is 10.0 Å². The lowest BCUT2D eigenvalue weighted by molar-refractivity contribution is 0.432. The largest absolute Gasteiger partial charge is 0.333 e. The van der Waals surface area contributed by atoms with Gasteiger partial charge in [0.1, 0.15) is 9.77 Å². The minimum atomic E-state index is -3.80. The highest BCUT2D eigenvalue weighted by Gasteiger charge is 2.28. The van der Waals surface area contributed by atoms with Crippen LogP contribution in [0.2, 0.25) is 0 Å². The number of hydrogen-bond acceptors (Lipinski definition) is 6. The quantitative estimate of drug-likeness (QED) is 0.454. The molecule has 4 rings (SSSR count). The minimum absolute atomic E-state index is 0.145. The number of aryl methyl sites for hydroxylation is 2. The summed E-state index contributed by atoms with van der Waals surface area (Å²) < 4.78 is 33.3. The van der Waals surface area contributed by atoms with Crippen LogP contribution in [0.15, 0.2) is 69.4 Å². The van der Waals surface area contributed by atoms with Gasteiger partial charge >= 0.3 is 0 Å². The van der Waals surface area contributed by atoms with Crippen molar-refractivity contribution in [3.05, 3.63) is 71.1 Å². The van der Waals surface area contributed by atoms with E-state index in [0.29, 0.717) is 16.4 Å². The first kappa shape index (κ1) is 19.4. The van der Waals surface area contributed by atoms with E-state index in [2.05, 4.69) is 10.1 Å². The van der Waals surface area contributed by atoms with Crippen LogP contribution in [0.5, 0.6) is 0 Å². The number of sulfonamides is 1. The molecule has 0 fully saturated rings. The van der Waals surface area contributed by atoms with Gasteiger partial charge < -0.3 is 4.52 Å². The highest BCUT2D eigenvalue weighted by atomic mass is 32.2. The zero-order valence-electron chi connectivity index (χ0n) is 16.2. The van der Waals surface area contributed by atoms with Crippen molar-refractivity contribution in [1.29, 1.82) is 0 Å². The zero-order valence-corrected chi connectivity index (χ0v) is 17.8. The molecule has 0 radical (unpaired) electrons. The van der Waals surface area contributed by atoms with Crippen molar-refractivity contribution in [2.75, 3.05) is 11.4 Å². The van der Waals surface area contributed by atoms with Gasteiger partial charge in [0.25, 0.3) is 15.9 Å². The fraction of sp³-hybridized carbons (Fsp3) is 0.143. The van der Waals surface area contributed by atoms with Crippen LogP contribution in [-0.4, -0.2) is 25.6 Å². The van der Waals surface area contributed by atoms with Crippen LogP contribution in [0.1, 0.15) is 11.1 Å². The molecule has 0 unspecified atom stereocenters. The summed E-state index contributed by atoms with van der Waals surface area (Å²) in [5.41, 5.74) is 3.53. The van der Waals surface area contributed by atoms with Gasteiger partial charge in [-0.1, -0.05) is 41.6 Å². The molecule has 0 atom stereocenters. The van der Waals surface area contributed by atoms with Gasteiger partial charge in [-0.2, -0.15) is 4.98 Å². The van der Waals surface area contributed by atoms with E-state index in [9.17, 15) is 8.42 Å². The van der Waals surface area contributed by atoms with Crippen LogP contribution in [0.25, 0.3) is 22.2 Å². The highest BCUT2D eigenvalue weighted by Crippen LogP contribution is 2.35. The number of rotatable bonds is 5. The second-order valence-electron chi connectivity index (χ2n) is 6.64. The third-order valence-electron chi connectivity index (χ3n) is 4.77. The smallest absolute Gasteiger partial charge is 0.269 e. The fourth-order valence-electron chi connectivity index (χ4n) is 2.88. The summed E-state index contributed by atoms with van der Waals surface area (Å²) in [6.07, 6.45) is 0. The van der Waals surface area contributed by atoms with E-state index in [1.807, 2.05) is 56.3 Å². The third-order valence-corrected chi connectivity index (χ3v) is 7.63. The second-order valence-corrected chi connectivity index (χ2v) is 9.50. The average Bonchev–Trinajstić information content (AvgIpc) is 3.40. The first-order valence-corrected chi connectivity index (χ1v) is 11.2. The Balaban J connectivity index is 1.72. The molecular weight excluding hydrogens is 406 g/mol. The lowest BCUT2D eigenvalue weighted by Gasteiger charge is -2.20. The Morgan fingerprint density at radius 1 is 1.00 bits per heavy atom. The highest BCUT2D eigenvalue weighted by molar-refractivity contribution is 7.93. The first-order chi connectivity index (χ1) is 13.9. The zero-order chi connectivity index (χ0) is 20.6. The van der Waals surface area contributed by atoms with Crippen molar-refractivity contribution < 1.29 is 12.9 Å². The molecule has 0 amide bonds. The number of anilines is 1. The van der Waals surface area contributed by atoms with Gasteiger partial charge in [-0.15, -0.1) is 11.3 Å². The molecule has 0 spiro atoms. The maximum absolute atomic E-state index is 13.3. The van der Waals surface area contributed by atoms with Crippen LogP contribution < -0.4 is 4.31 Å². The maximum atomic E-state index is 13.3. The summed E-state index contributed by atoms with van der Waals surface area (Å²) in [6.45, 7) is 3.95. The number of aromatic nitrogens is 2. The van der Waals surface area contributed by atoms with E-state index in [1.165, 1.54) is 15.6 Å². The van der Waals surface area contributed by atoms with Crippen LogP contribution in [0.3, 0.4) is 0 Å². The number of thiophene rings is 1. The van der Waals surface area contributed by atoms with Crippen LogP contribution in [0, 0.1) is 13.8 Å². The Kier molecular flexibility index (Phi) is 4.97. The molecule has 0 aliphatic carbocycles. The lowest BCUT2D eigenvalue weighted by Crippen LogP contribution is -2.26. The summed E-state index contributed by atoms with van der Waals surface area (Å²) in [7, 11) is -2.25. The molecule has 0 saturated carbocycles. The van der Waals surface area contributed by atoms with E-state index in [1.54, 1.807) is 24.6 Å². The summed E-state index contributed by atoms with van der Waals surface area (Å²) in [4.78, 5) is 4.98. The van der Waals surface area contributed by atoms with Crippen molar-refractivity contribution in [3.8, 4) is 22.2 Å². The molecule has 2 aromatic heterocycles. The van der Waals surface area contributed by atoms with Gasteiger partial charge in [0.2, 0.25) is 5.82 Å². The van der Waals surface area contributed by atoms with E-state index in [4.69, 9.17) is 4.52 Å². The predicted octanol–water partition coefficient (Wildman–Crippen LogP) is 4.91. The van der Waals surface area contributed by atoms with Crippen LogP contribution >= 0.6 is 11.3 Å². The first-order valence-electron chi connectivity index (χ1n) is 8.91. The Morgan fingerprint density at radius 3 is 2.48 bits per heavy atom. The van der Waals surface area contributed by atoms with Crippen LogP contribution in [0.4, 0.5) is 5.69 Å². The topological polar surface area (TPSA) is 76.3 Å². The SMILES string of the molecule is Cc1ccc(N(C)S(=O)(=O)c2ccsc2-c2nc(-c3ccccc3)no2)cc1C. The van der Waals surface area contributed by atoms with Crippen molar-refractivity contribution in [2.24, 2.45) is 0 Å². The molecule has 0 N–H and O–H groups in total. The molecule has 0 saturated heterocycles. The fourth-order valence-corrected chi connectivity index (χ4v) is 5.39. The molecule has 148 valence electrons. The van der Waals surface area contributed by atoms with Gasteiger partial charge in [-0.25, -0.2) is 8.42 Å². The van der Waals surface area contributed by atoms with Crippen molar-refractivity contribution in [1.82, 2.24) is 10.1 Å². The standard InChI is InChI=1S/C21H19N3O3S2/c1-14-9-10-17(13-15(14)2)24(3)29(25,26)18-11-12-28-19(18)21-22-20(23-27-21)16-7-5-4-6-8-16/h4-13H,1-3H3. The van der Waals surface area contributed by atoms with Gasteiger partial charge in [-0.3, -0.25) is 4.31 Å². The summed E-state index contributed by atoms with van der Waals surface area (Å²) in [5.74, 6) is 0.603. The molecular formula is C21H19N3O3S2. The Labute approximate surface area is 173 Å².